The number of nitrogens with zero attached hydrogens (tertiary/aromatic N) is 3. The lowest BCUT2D eigenvalue weighted by Crippen LogP contribution is -2.47. The molecule has 0 bridgehead atoms. The van der Waals surface area contributed by atoms with E-state index in [1.54, 1.807) is 41.6 Å². The highest BCUT2D eigenvalue weighted by Crippen LogP contribution is 2.34. The van der Waals surface area contributed by atoms with Gasteiger partial charge >= 0.3 is 0 Å². The fourth-order valence-electron chi connectivity index (χ4n) is 4.93. The fraction of sp³-hybridized carbons (Fsp3) is 0.296. The number of hydrogen-bond acceptors (Lipinski definition) is 4. The summed E-state index contributed by atoms with van der Waals surface area (Å²) in [6, 6.07) is 15.4. The Morgan fingerprint density at radius 2 is 1.88 bits per heavy atom. The molecule has 0 saturated carbocycles. The normalized spacial score (nSPS) is 19.5. The quantitative estimate of drug-likeness (QED) is 0.466. The van der Waals surface area contributed by atoms with Crippen LogP contribution in [0, 0.1) is 11.7 Å². The molecular weight excluding hydrogens is 439 g/mol. The molecule has 1 atom stereocenters. The Labute approximate surface area is 196 Å². The van der Waals surface area contributed by atoms with Crippen LogP contribution in [0.4, 0.5) is 13.2 Å². The molecule has 3 heterocycles. The highest BCUT2D eigenvalue weighted by molar-refractivity contribution is 6.16. The van der Waals surface area contributed by atoms with E-state index in [0.29, 0.717) is 24.2 Å². The van der Waals surface area contributed by atoms with E-state index >= 15 is 0 Å². The van der Waals surface area contributed by atoms with Gasteiger partial charge < -0.3 is 0 Å². The molecule has 1 fully saturated rings. The van der Waals surface area contributed by atoms with Gasteiger partial charge in [-0.25, -0.2) is 13.2 Å². The molecule has 1 saturated heterocycles. The first-order valence-electron chi connectivity index (χ1n) is 11.3. The molecular formula is C27H24F3N3O. The molecule has 2 aliphatic heterocycles. The van der Waals surface area contributed by atoms with Crippen molar-refractivity contribution in [3.8, 4) is 0 Å². The third-order valence-corrected chi connectivity index (χ3v) is 6.43. The molecule has 2 aromatic carbocycles. The SMILES string of the molecule is O=C(CC1CN(Cc2ccccc2F)CC(F)(F)C1)c1ccc2c(c1)C(c1ccncc1)=NC2. The summed E-state index contributed by atoms with van der Waals surface area (Å²) in [4.78, 5) is 23.3. The van der Waals surface area contributed by atoms with Crippen LogP contribution in [0.2, 0.25) is 0 Å². The number of Topliss-reactive ketones (excluding diaryl/α,β-unsaturated/α-hetero) is 1. The maximum atomic E-state index is 14.5. The van der Waals surface area contributed by atoms with E-state index in [0.717, 1.165) is 22.4 Å². The van der Waals surface area contributed by atoms with Crippen molar-refractivity contribution in [3.05, 3.63) is 101 Å². The number of carbonyl (C=O) groups excluding carboxylic acids is 1. The second kappa shape index (κ2) is 9.14. The maximum absolute atomic E-state index is 14.5. The van der Waals surface area contributed by atoms with Crippen molar-refractivity contribution in [2.45, 2.75) is 31.9 Å². The summed E-state index contributed by atoms with van der Waals surface area (Å²) < 4.78 is 43.1. The van der Waals surface area contributed by atoms with Gasteiger partial charge in [0.25, 0.3) is 5.92 Å². The number of halogens is 3. The van der Waals surface area contributed by atoms with E-state index in [-0.39, 0.29) is 25.2 Å². The fourth-order valence-corrected chi connectivity index (χ4v) is 4.93. The van der Waals surface area contributed by atoms with Crippen molar-refractivity contribution in [1.82, 2.24) is 9.88 Å². The molecule has 2 aliphatic rings. The molecule has 5 rings (SSSR count). The number of pyridine rings is 1. The Morgan fingerprint density at radius 3 is 2.68 bits per heavy atom. The van der Waals surface area contributed by atoms with Crippen LogP contribution in [0.1, 0.15) is 45.5 Å². The van der Waals surface area contributed by atoms with Gasteiger partial charge in [0.1, 0.15) is 5.82 Å². The summed E-state index contributed by atoms with van der Waals surface area (Å²) in [7, 11) is 0. The minimum atomic E-state index is -2.92. The second-order valence-corrected chi connectivity index (χ2v) is 9.09. The number of rotatable bonds is 6. The Bertz CT molecular complexity index is 1240. The average Bonchev–Trinajstić information content (AvgIpc) is 3.23. The van der Waals surface area contributed by atoms with Crippen LogP contribution < -0.4 is 0 Å². The molecule has 0 N–H and O–H groups in total. The topological polar surface area (TPSA) is 45.6 Å². The van der Waals surface area contributed by atoms with Gasteiger partial charge in [-0.1, -0.05) is 30.3 Å². The highest BCUT2D eigenvalue weighted by atomic mass is 19.3. The van der Waals surface area contributed by atoms with Gasteiger partial charge in [0.15, 0.2) is 5.78 Å². The summed E-state index contributed by atoms with van der Waals surface area (Å²) in [5.74, 6) is -4.01. The van der Waals surface area contributed by atoms with Crippen LogP contribution in [0.5, 0.6) is 0 Å². The zero-order valence-electron chi connectivity index (χ0n) is 18.6. The number of likely N-dealkylation sites (tertiary alicyclic amines) is 1. The molecule has 1 aromatic heterocycles. The Balaban J connectivity index is 1.31. The summed E-state index contributed by atoms with van der Waals surface area (Å²) >= 11 is 0. The van der Waals surface area contributed by atoms with Gasteiger partial charge in [-0.05, 0) is 35.7 Å². The molecule has 174 valence electrons. The largest absolute Gasteiger partial charge is 0.294 e. The van der Waals surface area contributed by atoms with Crippen molar-refractivity contribution in [2.75, 3.05) is 13.1 Å². The molecule has 0 spiro atoms. The summed E-state index contributed by atoms with van der Waals surface area (Å²) in [6.45, 7) is 0.528. The van der Waals surface area contributed by atoms with E-state index in [9.17, 15) is 18.0 Å². The third-order valence-electron chi connectivity index (χ3n) is 6.43. The molecule has 1 unspecified atom stereocenters. The minimum Gasteiger partial charge on any atom is -0.294 e. The van der Waals surface area contributed by atoms with Gasteiger partial charge in [0.2, 0.25) is 0 Å². The average molecular weight is 464 g/mol. The van der Waals surface area contributed by atoms with Crippen LogP contribution in [-0.2, 0) is 13.1 Å². The first-order chi connectivity index (χ1) is 16.4. The third kappa shape index (κ3) is 4.80. The number of fused-ring (bicyclic) bond motifs is 1. The number of benzene rings is 2. The molecule has 0 radical (unpaired) electrons. The van der Waals surface area contributed by atoms with E-state index in [4.69, 9.17) is 0 Å². The van der Waals surface area contributed by atoms with Crippen LogP contribution in [0.15, 0.2) is 72.0 Å². The smallest absolute Gasteiger partial charge is 0.260 e. The lowest BCUT2D eigenvalue weighted by molar-refractivity contribution is -0.0865. The van der Waals surface area contributed by atoms with Gasteiger partial charge in [-0.2, -0.15) is 0 Å². The van der Waals surface area contributed by atoms with Crippen LogP contribution >= 0.6 is 0 Å². The lowest BCUT2D eigenvalue weighted by atomic mass is 9.88. The standard InChI is InChI=1S/C27H24F3N3O/c28-24-4-2-1-3-22(24)16-33-15-18(13-27(29,30)17-33)11-25(34)20-5-6-21-14-32-26(23(21)12-20)19-7-9-31-10-8-19/h1-10,12,18H,11,13-17H2. The van der Waals surface area contributed by atoms with Crippen LogP contribution in [-0.4, -0.2) is 40.4 Å². The predicted molar refractivity (Wildman–Crippen MR) is 124 cm³/mol. The number of piperidine rings is 1. The minimum absolute atomic E-state index is 0.0177. The molecule has 7 heteroatoms. The number of aliphatic imine (C=N–C) groups is 1. The number of aromatic nitrogens is 1. The van der Waals surface area contributed by atoms with E-state index in [1.165, 1.54) is 6.07 Å². The van der Waals surface area contributed by atoms with Crippen LogP contribution in [0.25, 0.3) is 0 Å². The van der Waals surface area contributed by atoms with Crippen molar-refractivity contribution >= 4 is 11.5 Å². The van der Waals surface area contributed by atoms with E-state index in [1.807, 2.05) is 24.3 Å². The molecule has 3 aromatic rings. The van der Waals surface area contributed by atoms with Gasteiger partial charge in [-0.3, -0.25) is 19.7 Å². The first kappa shape index (κ1) is 22.5. The molecule has 4 nitrogen and oxygen atoms in total. The van der Waals surface area contributed by atoms with E-state index in [2.05, 4.69) is 9.98 Å². The maximum Gasteiger partial charge on any atom is 0.260 e. The second-order valence-electron chi connectivity index (χ2n) is 9.09. The number of hydrogen-bond donors (Lipinski definition) is 0. The monoisotopic (exact) mass is 463 g/mol. The van der Waals surface area contributed by atoms with Crippen molar-refractivity contribution in [1.29, 1.82) is 0 Å². The van der Waals surface area contributed by atoms with Crippen molar-refractivity contribution in [2.24, 2.45) is 10.9 Å². The Kier molecular flexibility index (Phi) is 6.04. The van der Waals surface area contributed by atoms with Crippen molar-refractivity contribution < 1.29 is 18.0 Å². The summed E-state index contributed by atoms with van der Waals surface area (Å²) in [6.07, 6.45) is 3.06. The highest BCUT2D eigenvalue weighted by Gasteiger charge is 2.41. The predicted octanol–water partition coefficient (Wildman–Crippen LogP) is 5.30. The summed E-state index contributed by atoms with van der Waals surface area (Å²) in [5.41, 5.74) is 4.54. The molecule has 0 amide bonds. The summed E-state index contributed by atoms with van der Waals surface area (Å²) in [5, 5.41) is 0. The Hall–Kier alpha value is -3.32. The lowest BCUT2D eigenvalue weighted by Gasteiger charge is -2.37. The number of ketones is 1. The number of alkyl halides is 2. The molecule has 34 heavy (non-hydrogen) atoms. The van der Waals surface area contributed by atoms with Gasteiger partial charge in [0.05, 0.1) is 18.8 Å². The molecule has 0 aliphatic carbocycles. The number of carbonyl (C=O) groups is 1. The van der Waals surface area contributed by atoms with Gasteiger partial charge in [-0.15, -0.1) is 0 Å². The van der Waals surface area contributed by atoms with E-state index < -0.39 is 24.2 Å². The van der Waals surface area contributed by atoms with Gasteiger partial charge in [0, 0.05) is 60.6 Å². The van der Waals surface area contributed by atoms with Crippen LogP contribution in [0.3, 0.4) is 0 Å². The Morgan fingerprint density at radius 1 is 1.09 bits per heavy atom. The zero-order chi connectivity index (χ0) is 23.7. The van der Waals surface area contributed by atoms with Crippen molar-refractivity contribution in [3.63, 3.8) is 0 Å². The zero-order valence-corrected chi connectivity index (χ0v) is 18.6. The first-order valence-corrected chi connectivity index (χ1v) is 11.3.